The zero-order valence-electron chi connectivity index (χ0n) is 22.4. The van der Waals surface area contributed by atoms with E-state index in [4.69, 9.17) is 28.8 Å². The lowest BCUT2D eigenvalue weighted by molar-refractivity contribution is -0.118. The van der Waals surface area contributed by atoms with Crippen molar-refractivity contribution in [2.45, 2.75) is 58.2 Å². The highest BCUT2D eigenvalue weighted by Gasteiger charge is 2.61. The molecule has 0 aliphatic carbocycles. The minimum absolute atomic E-state index is 0.000122. The molecule has 18 heteroatoms. The highest BCUT2D eigenvalue weighted by atomic mass is 32.2. The molecule has 4 N–H and O–H groups in total. The van der Waals surface area contributed by atoms with Crippen molar-refractivity contribution in [3.05, 3.63) is 6.33 Å². The lowest BCUT2D eigenvalue weighted by atomic mass is 9.91. The number of amides is 1. The van der Waals surface area contributed by atoms with Gasteiger partial charge in [-0.05, 0) is 20.3 Å². The molecule has 0 saturated carbocycles. The van der Waals surface area contributed by atoms with E-state index in [0.717, 1.165) is 11.8 Å². The Morgan fingerprint density at radius 3 is 2.90 bits per heavy atom. The number of fused-ring (bicyclic) bond motifs is 2. The summed E-state index contributed by atoms with van der Waals surface area (Å²) in [5.41, 5.74) is 2.66. The van der Waals surface area contributed by atoms with Crippen LogP contribution in [0.25, 0.3) is 11.2 Å². The van der Waals surface area contributed by atoms with E-state index < -0.39 is 49.3 Å². The Morgan fingerprint density at radius 2 is 2.17 bits per heavy atom. The molecule has 15 nitrogen and oxygen atoms in total. The molecule has 4 rings (SSSR count). The van der Waals surface area contributed by atoms with Crippen LogP contribution in [0.1, 0.15) is 40.3 Å². The van der Waals surface area contributed by atoms with Crippen LogP contribution < -0.4 is 11.1 Å². The third kappa shape index (κ3) is 6.34. The molecule has 0 radical (unpaired) electrons. The van der Waals surface area contributed by atoms with Gasteiger partial charge in [0.15, 0.2) is 28.2 Å². The second-order valence-corrected chi connectivity index (χ2v) is 12.6. The normalized spacial score (nSPS) is 28.4. The van der Waals surface area contributed by atoms with Crippen molar-refractivity contribution in [2.75, 3.05) is 37.9 Å². The van der Waals surface area contributed by atoms with Crippen molar-refractivity contribution in [3.8, 4) is 5.88 Å². The van der Waals surface area contributed by atoms with E-state index in [1.165, 1.54) is 17.8 Å². The number of thioether (sulfide) groups is 1. The number of halogens is 1. The highest BCUT2D eigenvalue weighted by Crippen LogP contribution is 2.59. The fourth-order valence-corrected chi connectivity index (χ4v) is 6.67. The summed E-state index contributed by atoms with van der Waals surface area (Å²) in [5, 5.41) is 12.4. The number of carbonyl (C=O) groups is 2. The van der Waals surface area contributed by atoms with Crippen LogP contribution in [0.3, 0.4) is 0 Å². The van der Waals surface area contributed by atoms with E-state index in [-0.39, 0.29) is 54.3 Å². The number of hydrogen-bond donors (Lipinski definition) is 3. The number of aromatic nitrogens is 4. The van der Waals surface area contributed by atoms with Gasteiger partial charge in [-0.3, -0.25) is 22.9 Å². The molecule has 222 valence electrons. The summed E-state index contributed by atoms with van der Waals surface area (Å²) in [6.45, 7) is 6.46. The summed E-state index contributed by atoms with van der Waals surface area (Å²) in [6.07, 6.45) is -2.54. The summed E-state index contributed by atoms with van der Waals surface area (Å²) < 4.78 is 57.2. The van der Waals surface area contributed by atoms with Gasteiger partial charge < -0.3 is 25.6 Å². The van der Waals surface area contributed by atoms with Crippen molar-refractivity contribution < 1.29 is 46.7 Å². The van der Waals surface area contributed by atoms with Crippen molar-refractivity contribution in [1.29, 1.82) is 0 Å². The van der Waals surface area contributed by atoms with Crippen molar-refractivity contribution in [3.63, 3.8) is 0 Å². The molecule has 4 heterocycles. The number of rotatable bonds is 10. The number of alkyl halides is 1. The number of aromatic hydroxyl groups is 1. The molecule has 1 amide bonds. The van der Waals surface area contributed by atoms with Crippen LogP contribution in [0.15, 0.2) is 6.33 Å². The van der Waals surface area contributed by atoms with Gasteiger partial charge in [0.05, 0.1) is 26.1 Å². The average molecular weight is 607 g/mol. The Labute approximate surface area is 233 Å². The SMILES string of the molecule is CCOC(=O)NCCC(C)(C)C(=O)SCCO[P@]1(=O)OC[C@H]2O[C@@H](n3cnc4c(O)nc(N)nc43)[C@](C)(F)[C@@H]2O1. The topological polar surface area (TPSA) is 199 Å². The van der Waals surface area contributed by atoms with E-state index in [9.17, 15) is 19.3 Å². The van der Waals surface area contributed by atoms with E-state index in [1.54, 1.807) is 20.8 Å². The summed E-state index contributed by atoms with van der Waals surface area (Å²) in [7, 11) is -4.18. The molecule has 0 unspecified atom stereocenters. The molecular weight excluding hydrogens is 574 g/mol. The van der Waals surface area contributed by atoms with Gasteiger partial charge in [0.2, 0.25) is 11.8 Å². The number of anilines is 1. The van der Waals surface area contributed by atoms with Crippen LogP contribution in [-0.4, -0.2) is 85.8 Å². The molecule has 2 aromatic rings. The predicted molar refractivity (Wildman–Crippen MR) is 140 cm³/mol. The molecule has 2 aliphatic rings. The smallest absolute Gasteiger partial charge is 0.475 e. The van der Waals surface area contributed by atoms with Crippen LogP contribution in [0.4, 0.5) is 15.1 Å². The lowest BCUT2D eigenvalue weighted by Crippen LogP contribution is -2.44. The van der Waals surface area contributed by atoms with Crippen LogP contribution >= 0.6 is 19.6 Å². The van der Waals surface area contributed by atoms with Gasteiger partial charge in [-0.2, -0.15) is 9.97 Å². The highest BCUT2D eigenvalue weighted by molar-refractivity contribution is 8.13. The number of nitrogens with zero attached hydrogens (tertiary/aromatic N) is 4. The van der Waals surface area contributed by atoms with Crippen molar-refractivity contribution in [2.24, 2.45) is 5.41 Å². The fraction of sp³-hybridized carbons (Fsp3) is 0.682. The quantitative estimate of drug-likeness (QED) is 0.263. The largest absolute Gasteiger partial charge is 0.492 e. The summed E-state index contributed by atoms with van der Waals surface area (Å²) in [4.78, 5) is 35.7. The number of phosphoric acid groups is 1. The number of nitrogens with two attached hydrogens (primary N) is 1. The predicted octanol–water partition coefficient (Wildman–Crippen LogP) is 2.70. The second-order valence-electron chi connectivity index (χ2n) is 9.93. The van der Waals surface area contributed by atoms with Gasteiger partial charge in [-0.15, -0.1) is 0 Å². The molecule has 2 saturated heterocycles. The van der Waals surface area contributed by atoms with E-state index in [0.29, 0.717) is 6.42 Å². The van der Waals surface area contributed by atoms with E-state index in [2.05, 4.69) is 20.3 Å². The van der Waals surface area contributed by atoms with Gasteiger partial charge in [0.1, 0.15) is 12.2 Å². The Hall–Kier alpha value is -2.56. The molecule has 0 aromatic carbocycles. The maximum absolute atomic E-state index is 16.1. The van der Waals surface area contributed by atoms with Crippen LogP contribution in [0, 0.1) is 5.41 Å². The lowest BCUT2D eigenvalue weighted by Gasteiger charge is -2.33. The number of imidazole rings is 1. The first-order valence-corrected chi connectivity index (χ1v) is 14.9. The van der Waals surface area contributed by atoms with Crippen molar-refractivity contribution >= 4 is 47.9 Å². The number of ether oxygens (including phenoxy) is 2. The fourth-order valence-electron chi connectivity index (χ4n) is 4.24. The Balaban J connectivity index is 1.31. The minimum atomic E-state index is -4.18. The standard InChI is InChI=1S/C22H32FN6O9PS/c1-5-34-20(32)25-7-6-21(2,3)18(31)40-9-8-35-39(33)36-10-12-14(38-39)22(4,23)17(37-12)29-11-26-13-15(29)27-19(24)28-16(13)30/h11-12,14,17H,5-10H2,1-4H3,(H,25,32)(H3,24,27,28,30)/t12-,14-,17-,22-,39-/m1/s1. The van der Waals surface area contributed by atoms with Gasteiger partial charge in [-0.25, -0.2) is 18.7 Å². The molecule has 5 atom stereocenters. The first kappa shape index (κ1) is 30.4. The number of nitrogen functional groups attached to an aromatic ring is 1. The third-order valence-electron chi connectivity index (χ3n) is 6.41. The number of carbonyl (C=O) groups excluding carboxylic acids is 2. The number of nitrogens with one attached hydrogen (secondary N) is 1. The molecule has 2 aromatic heterocycles. The number of alkyl carbamates (subject to hydrolysis) is 1. The second kappa shape index (κ2) is 11.7. The molecule has 0 bridgehead atoms. The maximum Gasteiger partial charge on any atom is 0.475 e. The van der Waals surface area contributed by atoms with Gasteiger partial charge >= 0.3 is 13.9 Å². The Morgan fingerprint density at radius 1 is 1.43 bits per heavy atom. The molecule has 2 fully saturated rings. The monoisotopic (exact) mass is 606 g/mol. The average Bonchev–Trinajstić information content (AvgIpc) is 3.39. The van der Waals surface area contributed by atoms with Gasteiger partial charge in [0, 0.05) is 17.7 Å². The molecule has 40 heavy (non-hydrogen) atoms. The summed E-state index contributed by atoms with van der Waals surface area (Å²) >= 11 is 0.969. The first-order chi connectivity index (χ1) is 18.8. The minimum Gasteiger partial charge on any atom is -0.492 e. The van der Waals surface area contributed by atoms with E-state index >= 15 is 4.39 Å². The number of hydrogen-bond acceptors (Lipinski definition) is 14. The Bertz CT molecular complexity index is 1310. The number of phosphoric ester groups is 1. The van der Waals surface area contributed by atoms with Gasteiger partial charge in [0.25, 0.3) is 0 Å². The van der Waals surface area contributed by atoms with Crippen molar-refractivity contribution in [1.82, 2.24) is 24.8 Å². The van der Waals surface area contributed by atoms with Crippen LogP contribution in [0.5, 0.6) is 5.88 Å². The Kier molecular flexibility index (Phi) is 8.92. The molecule has 2 aliphatic heterocycles. The zero-order valence-corrected chi connectivity index (χ0v) is 24.1. The van der Waals surface area contributed by atoms with E-state index in [1.807, 2.05) is 0 Å². The van der Waals surface area contributed by atoms with Crippen LogP contribution in [0.2, 0.25) is 0 Å². The van der Waals surface area contributed by atoms with Crippen LogP contribution in [-0.2, 0) is 32.4 Å². The molecule has 0 spiro atoms. The zero-order chi connectivity index (χ0) is 29.3. The summed E-state index contributed by atoms with van der Waals surface area (Å²) in [5.74, 6) is -0.577. The maximum atomic E-state index is 16.1. The molecular formula is C22H32FN6O9PS. The first-order valence-electron chi connectivity index (χ1n) is 12.5. The third-order valence-corrected chi connectivity index (χ3v) is 9.04. The van der Waals surface area contributed by atoms with Gasteiger partial charge in [-0.1, -0.05) is 25.6 Å². The summed E-state index contributed by atoms with van der Waals surface area (Å²) in [6, 6.07) is 0.